The molecule has 1 heterocycles. The number of Topliss-reactive ketones (excluding diaryl/α,β-unsaturated/α-hetero) is 1. The van der Waals surface area contributed by atoms with E-state index in [1.54, 1.807) is 19.1 Å². The lowest BCUT2D eigenvalue weighted by Crippen LogP contribution is -2.30. The van der Waals surface area contributed by atoms with Crippen molar-refractivity contribution in [2.75, 3.05) is 22.4 Å². The highest BCUT2D eigenvalue weighted by molar-refractivity contribution is 7.74. The number of nitrogens with zero attached hydrogens (tertiary/aromatic N) is 2. The Labute approximate surface area is 177 Å². The first-order chi connectivity index (χ1) is 14.5. The third kappa shape index (κ3) is 3.83. The zero-order valence-corrected chi connectivity index (χ0v) is 17.8. The molecule has 4 rings (SSSR count). The van der Waals surface area contributed by atoms with Gasteiger partial charge < -0.3 is 0 Å². The fraction of sp³-hybridized carbons (Fsp3) is 0.208. The maximum atomic E-state index is 13.6. The van der Waals surface area contributed by atoms with Gasteiger partial charge in [-0.3, -0.25) is 4.79 Å². The molecule has 0 radical (unpaired) electrons. The number of carbonyl (C=O) groups excluding carboxylic acids is 1. The van der Waals surface area contributed by atoms with E-state index in [0.29, 0.717) is 13.1 Å². The molecule has 3 aromatic rings. The minimum absolute atomic E-state index is 0.00864. The highest BCUT2D eigenvalue weighted by Gasteiger charge is 2.62. The molecule has 1 N–H and O–H groups in total. The predicted molar refractivity (Wildman–Crippen MR) is 121 cm³/mol. The molecule has 0 aromatic heterocycles. The average Bonchev–Trinajstić information content (AvgIpc) is 3.12. The van der Waals surface area contributed by atoms with Gasteiger partial charge in [-0.2, -0.15) is 0 Å². The van der Waals surface area contributed by atoms with Gasteiger partial charge in [0.1, 0.15) is 11.6 Å². The second kappa shape index (κ2) is 8.55. The standard InChI is InChI=1S/C24H25FN2O2P/c1-19(28)18-24(20-12-14-21(25)15-13-20)30(29)26(22-8-4-2-5-9-22)16-17-27(30)23-10-6-3-7-11-23/h2-15,24,29H,16-18H2,1H3/q+1. The lowest BCUT2D eigenvalue weighted by molar-refractivity contribution is -0.117. The number of carbonyl (C=O) groups is 1. The lowest BCUT2D eigenvalue weighted by atomic mass is 10.1. The van der Waals surface area contributed by atoms with Gasteiger partial charge in [0.25, 0.3) is 0 Å². The zero-order chi connectivity index (χ0) is 21.1. The van der Waals surface area contributed by atoms with Crippen LogP contribution < -0.4 is 9.34 Å². The van der Waals surface area contributed by atoms with Gasteiger partial charge in [-0.05, 0) is 48.9 Å². The number of rotatable bonds is 6. The van der Waals surface area contributed by atoms with E-state index in [4.69, 9.17) is 0 Å². The first kappa shape index (κ1) is 20.5. The summed E-state index contributed by atoms with van der Waals surface area (Å²) in [7, 11) is -3.06. The van der Waals surface area contributed by atoms with Gasteiger partial charge in [0.15, 0.2) is 5.66 Å². The Hall–Kier alpha value is -2.75. The van der Waals surface area contributed by atoms with Gasteiger partial charge in [0.2, 0.25) is 0 Å². The van der Waals surface area contributed by atoms with Crippen LogP contribution in [0.4, 0.5) is 15.8 Å². The van der Waals surface area contributed by atoms with Crippen LogP contribution in [-0.4, -0.2) is 23.8 Å². The van der Waals surface area contributed by atoms with Crippen molar-refractivity contribution in [3.05, 3.63) is 96.3 Å². The summed E-state index contributed by atoms with van der Waals surface area (Å²) < 4.78 is 17.7. The summed E-state index contributed by atoms with van der Waals surface area (Å²) >= 11 is 0. The van der Waals surface area contributed by atoms with E-state index in [-0.39, 0.29) is 18.0 Å². The number of halogens is 1. The summed E-state index contributed by atoms with van der Waals surface area (Å²) in [5, 5.41) is 0. The average molecular weight is 423 g/mol. The molecular formula is C24H25FN2O2P+. The van der Waals surface area contributed by atoms with E-state index in [1.165, 1.54) is 12.1 Å². The molecule has 1 fully saturated rings. The number of benzene rings is 3. The summed E-state index contributed by atoms with van der Waals surface area (Å²) in [5.74, 6) is -0.345. The largest absolute Gasteiger partial charge is 0.339 e. The van der Waals surface area contributed by atoms with Crippen molar-refractivity contribution in [2.24, 2.45) is 0 Å². The minimum atomic E-state index is -3.06. The second-order valence-corrected chi connectivity index (χ2v) is 10.3. The smallest absolute Gasteiger partial charge is 0.300 e. The predicted octanol–water partition coefficient (Wildman–Crippen LogP) is 5.63. The molecule has 0 bridgehead atoms. The molecular weight excluding hydrogens is 398 g/mol. The van der Waals surface area contributed by atoms with E-state index < -0.39 is 13.4 Å². The number of hydrogen-bond acceptors (Lipinski definition) is 4. The zero-order valence-electron chi connectivity index (χ0n) is 16.9. The van der Waals surface area contributed by atoms with Gasteiger partial charge in [-0.15, -0.1) is 0 Å². The molecule has 4 nitrogen and oxygen atoms in total. The molecule has 1 aliphatic heterocycles. The molecule has 3 aromatic carbocycles. The van der Waals surface area contributed by atoms with Crippen LogP contribution in [0.5, 0.6) is 0 Å². The quantitative estimate of drug-likeness (QED) is 0.522. The van der Waals surface area contributed by atoms with Gasteiger partial charge >= 0.3 is 7.79 Å². The summed E-state index contributed by atoms with van der Waals surface area (Å²) in [6.07, 6.45) is 0.183. The Bertz CT molecular complexity index is 951. The van der Waals surface area contributed by atoms with Crippen LogP contribution in [0.3, 0.4) is 0 Å². The maximum absolute atomic E-state index is 13.6. The molecule has 0 amide bonds. The van der Waals surface area contributed by atoms with Crippen molar-refractivity contribution >= 4 is 24.9 Å². The van der Waals surface area contributed by atoms with Crippen LogP contribution in [0.25, 0.3) is 0 Å². The van der Waals surface area contributed by atoms with Crippen molar-refractivity contribution < 1.29 is 14.1 Å². The van der Waals surface area contributed by atoms with Crippen molar-refractivity contribution in [2.45, 2.75) is 19.0 Å². The highest BCUT2D eigenvalue weighted by atomic mass is 31.2. The van der Waals surface area contributed by atoms with E-state index in [1.807, 2.05) is 60.7 Å². The summed E-state index contributed by atoms with van der Waals surface area (Å²) in [6, 6.07) is 25.8. The fourth-order valence-corrected chi connectivity index (χ4v) is 7.87. The molecule has 0 saturated carbocycles. The van der Waals surface area contributed by atoms with E-state index in [0.717, 1.165) is 16.9 Å². The van der Waals surface area contributed by atoms with E-state index >= 15 is 0 Å². The van der Waals surface area contributed by atoms with Gasteiger partial charge in [-0.1, -0.05) is 48.5 Å². The Morgan fingerprint density at radius 3 is 1.80 bits per heavy atom. The maximum Gasteiger partial charge on any atom is 0.339 e. The van der Waals surface area contributed by atoms with E-state index in [2.05, 4.69) is 9.34 Å². The van der Waals surface area contributed by atoms with E-state index in [9.17, 15) is 14.1 Å². The van der Waals surface area contributed by atoms with Crippen molar-refractivity contribution in [3.63, 3.8) is 0 Å². The molecule has 1 atom stereocenters. The molecule has 0 aliphatic carbocycles. The second-order valence-electron chi connectivity index (χ2n) is 7.51. The first-order valence-electron chi connectivity index (χ1n) is 10.0. The van der Waals surface area contributed by atoms with Crippen LogP contribution in [0.1, 0.15) is 24.6 Å². The molecule has 1 saturated heterocycles. The minimum Gasteiger partial charge on any atom is -0.300 e. The van der Waals surface area contributed by atoms with Crippen molar-refractivity contribution in [1.29, 1.82) is 0 Å². The van der Waals surface area contributed by atoms with Gasteiger partial charge in [-0.25, -0.2) is 18.6 Å². The van der Waals surface area contributed by atoms with Gasteiger partial charge in [0.05, 0.1) is 30.9 Å². The molecule has 1 unspecified atom stereocenters. The Kier molecular flexibility index (Phi) is 5.85. The summed E-state index contributed by atoms with van der Waals surface area (Å²) in [6.45, 7) is 2.82. The molecule has 1 aliphatic rings. The third-order valence-corrected chi connectivity index (χ3v) is 9.10. The van der Waals surface area contributed by atoms with Crippen LogP contribution in [0.2, 0.25) is 0 Å². The van der Waals surface area contributed by atoms with Gasteiger partial charge in [0, 0.05) is 0 Å². The topological polar surface area (TPSA) is 43.8 Å². The molecule has 6 heteroatoms. The fourth-order valence-electron chi connectivity index (χ4n) is 4.15. The normalized spacial score (nSPS) is 16.5. The molecule has 154 valence electrons. The molecule has 0 spiro atoms. The number of ketones is 1. The molecule has 30 heavy (non-hydrogen) atoms. The number of hydrogen-bond donors (Lipinski definition) is 1. The Morgan fingerprint density at radius 1 is 0.900 bits per heavy atom. The van der Waals surface area contributed by atoms with Crippen LogP contribution in [0, 0.1) is 5.82 Å². The van der Waals surface area contributed by atoms with Crippen molar-refractivity contribution in [1.82, 2.24) is 0 Å². The Morgan fingerprint density at radius 2 is 1.37 bits per heavy atom. The SMILES string of the molecule is CC(=O)CC(c1ccc(F)cc1)[P+]1(O)N(c2ccccc2)CCN1c1ccccc1. The van der Waals surface area contributed by atoms with Crippen LogP contribution >= 0.6 is 7.79 Å². The Balaban J connectivity index is 1.88. The number of para-hydroxylation sites is 2. The highest BCUT2D eigenvalue weighted by Crippen LogP contribution is 2.76. The monoisotopic (exact) mass is 423 g/mol. The summed E-state index contributed by atoms with van der Waals surface area (Å²) in [4.78, 5) is 24.7. The van der Waals surface area contributed by atoms with Crippen LogP contribution in [-0.2, 0) is 4.79 Å². The summed E-state index contributed by atoms with van der Waals surface area (Å²) in [5.41, 5.74) is 2.15. The third-order valence-electron chi connectivity index (χ3n) is 5.50. The lowest BCUT2D eigenvalue weighted by Gasteiger charge is -2.36. The number of anilines is 2. The van der Waals surface area contributed by atoms with Crippen LogP contribution in [0.15, 0.2) is 84.9 Å². The first-order valence-corrected chi connectivity index (χ1v) is 11.7. The van der Waals surface area contributed by atoms with Crippen molar-refractivity contribution in [3.8, 4) is 0 Å².